The molecule has 0 aliphatic carbocycles. The number of aliphatic hydroxyl groups excluding tert-OH is 1. The molecular weight excluding hydrogens is 208 g/mol. The second kappa shape index (κ2) is 6.02. The van der Waals surface area contributed by atoms with Gasteiger partial charge in [0.1, 0.15) is 0 Å². The molecule has 1 nitrogen and oxygen atoms in total. The maximum Gasteiger partial charge on any atom is 0.0824 e. The molecule has 0 aliphatic heterocycles. The average Bonchev–Trinajstić information content (AvgIpc) is 2.41. The normalized spacial score (nSPS) is 12.8. The topological polar surface area (TPSA) is 20.2 Å². The quantitative estimate of drug-likeness (QED) is 0.837. The fraction of sp³-hybridized carbons (Fsp3) is 0.125. The molecule has 1 N–H and O–H groups in total. The van der Waals surface area contributed by atoms with Gasteiger partial charge in [-0.25, -0.2) is 0 Å². The van der Waals surface area contributed by atoms with Crippen LogP contribution in [0.5, 0.6) is 0 Å². The number of aliphatic hydroxyl groups is 1. The highest BCUT2D eigenvalue weighted by atomic mass is 16.3. The fourth-order valence-electron chi connectivity index (χ4n) is 1.71. The van der Waals surface area contributed by atoms with Crippen LogP contribution in [0.3, 0.4) is 0 Å². The van der Waals surface area contributed by atoms with E-state index in [2.05, 4.69) is 0 Å². The SMILES string of the molecule is OC(CC=Cc1ccccc1)c1ccccc1. The van der Waals surface area contributed by atoms with Crippen LogP contribution in [0.25, 0.3) is 6.08 Å². The third kappa shape index (κ3) is 3.58. The maximum absolute atomic E-state index is 9.95. The molecule has 0 heterocycles. The standard InChI is InChI=1S/C16H16O/c17-16(15-11-5-2-6-12-15)13-7-10-14-8-3-1-4-9-14/h1-12,16-17H,13H2. The van der Waals surface area contributed by atoms with Gasteiger partial charge < -0.3 is 5.11 Å². The van der Waals surface area contributed by atoms with Crippen molar-refractivity contribution in [3.8, 4) is 0 Å². The van der Waals surface area contributed by atoms with Gasteiger partial charge in [-0.1, -0.05) is 72.8 Å². The van der Waals surface area contributed by atoms with E-state index in [1.165, 1.54) is 0 Å². The van der Waals surface area contributed by atoms with Crippen LogP contribution in [0, 0.1) is 0 Å². The molecule has 86 valence electrons. The second-order valence-electron chi connectivity index (χ2n) is 3.98. The molecule has 17 heavy (non-hydrogen) atoms. The zero-order valence-corrected chi connectivity index (χ0v) is 9.66. The van der Waals surface area contributed by atoms with Crippen LogP contribution >= 0.6 is 0 Å². The van der Waals surface area contributed by atoms with Gasteiger partial charge in [0.05, 0.1) is 6.10 Å². The van der Waals surface area contributed by atoms with E-state index in [1.54, 1.807) is 0 Å². The number of benzene rings is 2. The Kier molecular flexibility index (Phi) is 4.11. The van der Waals surface area contributed by atoms with Crippen molar-refractivity contribution in [1.82, 2.24) is 0 Å². The number of hydrogen-bond acceptors (Lipinski definition) is 1. The predicted octanol–water partition coefficient (Wildman–Crippen LogP) is 3.82. The van der Waals surface area contributed by atoms with Crippen LogP contribution in [0.1, 0.15) is 23.7 Å². The fourth-order valence-corrected chi connectivity index (χ4v) is 1.71. The van der Waals surface area contributed by atoms with Gasteiger partial charge in [0.15, 0.2) is 0 Å². The van der Waals surface area contributed by atoms with Crippen LogP contribution in [0.15, 0.2) is 66.7 Å². The minimum Gasteiger partial charge on any atom is -0.388 e. The van der Waals surface area contributed by atoms with Crippen molar-refractivity contribution in [2.24, 2.45) is 0 Å². The molecule has 1 atom stereocenters. The zero-order chi connectivity index (χ0) is 11.9. The minimum atomic E-state index is -0.420. The third-order valence-electron chi connectivity index (χ3n) is 2.65. The molecule has 0 amide bonds. The molecule has 0 radical (unpaired) electrons. The van der Waals surface area contributed by atoms with E-state index in [0.717, 1.165) is 11.1 Å². The average molecular weight is 224 g/mol. The van der Waals surface area contributed by atoms with E-state index in [9.17, 15) is 5.11 Å². The maximum atomic E-state index is 9.95. The van der Waals surface area contributed by atoms with Gasteiger partial charge in [0.2, 0.25) is 0 Å². The molecule has 1 unspecified atom stereocenters. The molecular formula is C16H16O. The van der Waals surface area contributed by atoms with E-state index in [1.807, 2.05) is 72.8 Å². The smallest absolute Gasteiger partial charge is 0.0824 e. The molecule has 0 saturated heterocycles. The van der Waals surface area contributed by atoms with Crippen molar-refractivity contribution in [3.05, 3.63) is 77.9 Å². The van der Waals surface area contributed by atoms with Crippen LogP contribution < -0.4 is 0 Å². The molecule has 0 aromatic heterocycles. The van der Waals surface area contributed by atoms with Gasteiger partial charge in [-0.05, 0) is 17.5 Å². The first-order chi connectivity index (χ1) is 8.36. The Labute approximate surface area is 102 Å². The van der Waals surface area contributed by atoms with Crippen LogP contribution in [0.4, 0.5) is 0 Å². The van der Waals surface area contributed by atoms with Gasteiger partial charge in [0, 0.05) is 0 Å². The first kappa shape index (κ1) is 11.6. The summed E-state index contributed by atoms with van der Waals surface area (Å²) in [6, 6.07) is 19.8. The largest absolute Gasteiger partial charge is 0.388 e. The Morgan fingerprint density at radius 2 is 1.47 bits per heavy atom. The summed E-state index contributed by atoms with van der Waals surface area (Å²) in [5.41, 5.74) is 2.12. The Hall–Kier alpha value is -1.86. The molecule has 0 saturated carbocycles. The van der Waals surface area contributed by atoms with E-state index < -0.39 is 6.10 Å². The monoisotopic (exact) mass is 224 g/mol. The van der Waals surface area contributed by atoms with Gasteiger partial charge in [0.25, 0.3) is 0 Å². The molecule has 0 fully saturated rings. The van der Waals surface area contributed by atoms with Gasteiger partial charge in [-0.15, -0.1) is 0 Å². The van der Waals surface area contributed by atoms with Gasteiger partial charge in [-0.3, -0.25) is 0 Å². The summed E-state index contributed by atoms with van der Waals surface area (Å²) in [6.45, 7) is 0. The molecule has 0 spiro atoms. The lowest BCUT2D eigenvalue weighted by Crippen LogP contribution is -1.94. The van der Waals surface area contributed by atoms with Crippen LogP contribution in [0.2, 0.25) is 0 Å². The Morgan fingerprint density at radius 1 is 0.882 bits per heavy atom. The summed E-state index contributed by atoms with van der Waals surface area (Å²) in [6.07, 6.45) is 4.26. The van der Waals surface area contributed by atoms with Gasteiger partial charge in [-0.2, -0.15) is 0 Å². The van der Waals surface area contributed by atoms with Crippen molar-refractivity contribution in [1.29, 1.82) is 0 Å². The van der Waals surface area contributed by atoms with E-state index in [4.69, 9.17) is 0 Å². The third-order valence-corrected chi connectivity index (χ3v) is 2.65. The molecule has 0 aliphatic rings. The number of rotatable bonds is 4. The van der Waals surface area contributed by atoms with Gasteiger partial charge >= 0.3 is 0 Å². The zero-order valence-electron chi connectivity index (χ0n) is 9.66. The molecule has 2 aromatic carbocycles. The molecule has 0 bridgehead atoms. The first-order valence-corrected chi connectivity index (χ1v) is 5.81. The van der Waals surface area contributed by atoms with Crippen molar-refractivity contribution >= 4 is 6.08 Å². The van der Waals surface area contributed by atoms with Crippen molar-refractivity contribution in [2.45, 2.75) is 12.5 Å². The summed E-state index contributed by atoms with van der Waals surface area (Å²) in [7, 11) is 0. The van der Waals surface area contributed by atoms with Crippen molar-refractivity contribution in [3.63, 3.8) is 0 Å². The lowest BCUT2D eigenvalue weighted by atomic mass is 10.1. The summed E-state index contributed by atoms with van der Waals surface area (Å²) in [5.74, 6) is 0. The predicted molar refractivity (Wildman–Crippen MR) is 71.5 cm³/mol. The summed E-state index contributed by atoms with van der Waals surface area (Å²) >= 11 is 0. The van der Waals surface area contributed by atoms with Crippen molar-refractivity contribution < 1.29 is 5.11 Å². The van der Waals surface area contributed by atoms with E-state index in [-0.39, 0.29) is 0 Å². The summed E-state index contributed by atoms with van der Waals surface area (Å²) in [4.78, 5) is 0. The lowest BCUT2D eigenvalue weighted by molar-refractivity contribution is 0.182. The van der Waals surface area contributed by atoms with Crippen LogP contribution in [-0.4, -0.2) is 5.11 Å². The minimum absolute atomic E-state index is 0.420. The van der Waals surface area contributed by atoms with E-state index in [0.29, 0.717) is 6.42 Å². The second-order valence-corrected chi connectivity index (χ2v) is 3.98. The molecule has 2 aromatic rings. The van der Waals surface area contributed by atoms with Crippen molar-refractivity contribution in [2.75, 3.05) is 0 Å². The van der Waals surface area contributed by atoms with Crippen LogP contribution in [-0.2, 0) is 0 Å². The summed E-state index contributed by atoms with van der Waals surface area (Å²) < 4.78 is 0. The molecule has 2 rings (SSSR count). The summed E-state index contributed by atoms with van der Waals surface area (Å²) in [5, 5.41) is 9.95. The van der Waals surface area contributed by atoms with E-state index >= 15 is 0 Å². The Morgan fingerprint density at radius 3 is 2.12 bits per heavy atom. The highest BCUT2D eigenvalue weighted by Gasteiger charge is 2.03. The first-order valence-electron chi connectivity index (χ1n) is 5.81. The highest BCUT2D eigenvalue weighted by Crippen LogP contribution is 2.16. The lowest BCUT2D eigenvalue weighted by Gasteiger charge is -2.07. The highest BCUT2D eigenvalue weighted by molar-refractivity contribution is 5.48. The number of hydrogen-bond donors (Lipinski definition) is 1. The molecule has 1 heteroatoms. The Balaban J connectivity index is 1.93. The Bertz CT molecular complexity index is 459.